The molecule has 0 atom stereocenters. The lowest BCUT2D eigenvalue weighted by atomic mass is 9.85. The average molecular weight is 249 g/mol. The molecule has 1 fully saturated rings. The Bertz CT molecular complexity index is 315. The molecular weight excluding hydrogens is 222 g/mol. The lowest BCUT2D eigenvalue weighted by molar-refractivity contribution is -0.0194. The number of benzene rings is 1. The number of piperidine rings is 1. The summed E-state index contributed by atoms with van der Waals surface area (Å²) in [7, 11) is 0. The SMILES string of the molecule is CC.CCN1CCC(O)(Cc2ccccc2)CC1. The van der Waals surface area contributed by atoms with Crippen molar-refractivity contribution in [3.05, 3.63) is 35.9 Å². The maximum atomic E-state index is 10.5. The summed E-state index contributed by atoms with van der Waals surface area (Å²) in [5.41, 5.74) is 0.766. The molecule has 0 radical (unpaired) electrons. The van der Waals surface area contributed by atoms with Crippen LogP contribution in [0.4, 0.5) is 0 Å². The Labute approximate surface area is 112 Å². The number of hydrogen-bond acceptors (Lipinski definition) is 2. The Balaban J connectivity index is 0.000000771. The molecular formula is C16H27NO. The molecule has 2 heteroatoms. The van der Waals surface area contributed by atoms with Gasteiger partial charge in [-0.1, -0.05) is 51.1 Å². The van der Waals surface area contributed by atoms with Gasteiger partial charge < -0.3 is 10.0 Å². The first-order valence-corrected chi connectivity index (χ1v) is 7.20. The summed E-state index contributed by atoms with van der Waals surface area (Å²) in [4.78, 5) is 2.40. The van der Waals surface area contributed by atoms with Crippen LogP contribution in [0.25, 0.3) is 0 Å². The van der Waals surface area contributed by atoms with Gasteiger partial charge in [0.1, 0.15) is 0 Å². The summed E-state index contributed by atoms with van der Waals surface area (Å²) in [5, 5.41) is 10.5. The van der Waals surface area contributed by atoms with Gasteiger partial charge in [-0.05, 0) is 24.9 Å². The number of nitrogens with zero attached hydrogens (tertiary/aromatic N) is 1. The summed E-state index contributed by atoms with van der Waals surface area (Å²) in [6.45, 7) is 9.34. The first kappa shape index (κ1) is 15.2. The van der Waals surface area contributed by atoms with Gasteiger partial charge >= 0.3 is 0 Å². The summed E-state index contributed by atoms with van der Waals surface area (Å²) in [6, 6.07) is 10.3. The van der Waals surface area contributed by atoms with Crippen LogP contribution in [-0.4, -0.2) is 35.2 Å². The second kappa shape index (κ2) is 7.55. The van der Waals surface area contributed by atoms with Crippen molar-refractivity contribution < 1.29 is 5.11 Å². The van der Waals surface area contributed by atoms with Crippen LogP contribution in [0.2, 0.25) is 0 Å². The van der Waals surface area contributed by atoms with Crippen LogP contribution < -0.4 is 0 Å². The molecule has 1 aromatic carbocycles. The molecule has 2 nitrogen and oxygen atoms in total. The van der Waals surface area contributed by atoms with E-state index in [1.807, 2.05) is 32.0 Å². The highest BCUT2D eigenvalue weighted by molar-refractivity contribution is 5.17. The van der Waals surface area contributed by atoms with Gasteiger partial charge in [-0.2, -0.15) is 0 Å². The molecule has 1 aliphatic heterocycles. The second-order valence-corrected chi connectivity index (χ2v) is 4.82. The fourth-order valence-electron chi connectivity index (χ4n) is 2.44. The van der Waals surface area contributed by atoms with Crippen molar-refractivity contribution in [2.24, 2.45) is 0 Å². The van der Waals surface area contributed by atoms with Crippen LogP contribution in [0.1, 0.15) is 39.2 Å². The summed E-state index contributed by atoms with van der Waals surface area (Å²) in [5.74, 6) is 0. The van der Waals surface area contributed by atoms with Gasteiger partial charge in [0.25, 0.3) is 0 Å². The van der Waals surface area contributed by atoms with Crippen LogP contribution in [0.15, 0.2) is 30.3 Å². The van der Waals surface area contributed by atoms with E-state index in [-0.39, 0.29) is 0 Å². The Morgan fingerprint density at radius 3 is 2.17 bits per heavy atom. The van der Waals surface area contributed by atoms with Crippen LogP contribution in [0.3, 0.4) is 0 Å². The highest BCUT2D eigenvalue weighted by Gasteiger charge is 2.31. The van der Waals surface area contributed by atoms with E-state index in [4.69, 9.17) is 0 Å². The lowest BCUT2D eigenvalue weighted by Gasteiger charge is -2.37. The minimum Gasteiger partial charge on any atom is -0.389 e. The fourth-order valence-corrected chi connectivity index (χ4v) is 2.44. The predicted molar refractivity (Wildman–Crippen MR) is 77.8 cm³/mol. The third-order valence-corrected chi connectivity index (χ3v) is 3.61. The van der Waals surface area contributed by atoms with Gasteiger partial charge in [-0.25, -0.2) is 0 Å². The van der Waals surface area contributed by atoms with Gasteiger partial charge in [-0.15, -0.1) is 0 Å². The normalized spacial score (nSPS) is 18.9. The average Bonchev–Trinajstić information content (AvgIpc) is 2.43. The topological polar surface area (TPSA) is 23.5 Å². The zero-order chi connectivity index (χ0) is 13.4. The van der Waals surface area contributed by atoms with Gasteiger partial charge in [-0.3, -0.25) is 0 Å². The van der Waals surface area contributed by atoms with Gasteiger partial charge in [0.05, 0.1) is 5.60 Å². The number of rotatable bonds is 3. The Morgan fingerprint density at radius 1 is 1.11 bits per heavy atom. The van der Waals surface area contributed by atoms with E-state index < -0.39 is 5.60 Å². The summed E-state index contributed by atoms with van der Waals surface area (Å²) in [6.07, 6.45) is 2.59. The highest BCUT2D eigenvalue weighted by atomic mass is 16.3. The molecule has 102 valence electrons. The zero-order valence-corrected chi connectivity index (χ0v) is 12.0. The van der Waals surface area contributed by atoms with Crippen molar-refractivity contribution in [2.75, 3.05) is 19.6 Å². The molecule has 0 amide bonds. The summed E-state index contributed by atoms with van der Waals surface area (Å²) < 4.78 is 0. The van der Waals surface area contributed by atoms with Crippen molar-refractivity contribution in [3.63, 3.8) is 0 Å². The molecule has 0 spiro atoms. The molecule has 0 aromatic heterocycles. The number of likely N-dealkylation sites (tertiary alicyclic amines) is 1. The minimum absolute atomic E-state index is 0.479. The van der Waals surface area contributed by atoms with Crippen molar-refractivity contribution in [3.8, 4) is 0 Å². The molecule has 2 rings (SSSR count). The molecule has 0 bridgehead atoms. The summed E-state index contributed by atoms with van der Waals surface area (Å²) >= 11 is 0. The zero-order valence-electron chi connectivity index (χ0n) is 12.0. The van der Waals surface area contributed by atoms with Crippen LogP contribution in [-0.2, 0) is 6.42 Å². The molecule has 0 aliphatic carbocycles. The molecule has 1 aliphatic rings. The standard InChI is InChI=1S/C14H21NO.C2H6/c1-2-15-10-8-14(16,9-11-15)12-13-6-4-3-5-7-13;1-2/h3-7,16H,2,8-12H2,1H3;1-2H3. The van der Waals surface area contributed by atoms with Crippen molar-refractivity contribution >= 4 is 0 Å². The smallest absolute Gasteiger partial charge is 0.0712 e. The minimum atomic E-state index is -0.479. The molecule has 1 heterocycles. The molecule has 0 saturated carbocycles. The second-order valence-electron chi connectivity index (χ2n) is 4.82. The molecule has 18 heavy (non-hydrogen) atoms. The van der Waals surface area contributed by atoms with Gasteiger partial charge in [0, 0.05) is 19.5 Å². The first-order chi connectivity index (χ1) is 8.72. The fraction of sp³-hybridized carbons (Fsp3) is 0.625. The van der Waals surface area contributed by atoms with E-state index in [2.05, 4.69) is 24.0 Å². The molecule has 1 N–H and O–H groups in total. The van der Waals surface area contributed by atoms with E-state index in [1.165, 1.54) is 5.56 Å². The van der Waals surface area contributed by atoms with Gasteiger partial charge in [0.2, 0.25) is 0 Å². The van der Waals surface area contributed by atoms with Crippen LogP contribution in [0.5, 0.6) is 0 Å². The van der Waals surface area contributed by atoms with Crippen LogP contribution >= 0.6 is 0 Å². The van der Waals surface area contributed by atoms with E-state index in [0.29, 0.717) is 0 Å². The maximum Gasteiger partial charge on any atom is 0.0712 e. The molecule has 1 aromatic rings. The van der Waals surface area contributed by atoms with Crippen molar-refractivity contribution in [1.82, 2.24) is 4.90 Å². The monoisotopic (exact) mass is 249 g/mol. The van der Waals surface area contributed by atoms with Crippen molar-refractivity contribution in [1.29, 1.82) is 0 Å². The van der Waals surface area contributed by atoms with E-state index >= 15 is 0 Å². The quantitative estimate of drug-likeness (QED) is 0.890. The van der Waals surface area contributed by atoms with Crippen molar-refractivity contribution in [2.45, 2.75) is 45.6 Å². The van der Waals surface area contributed by atoms with Gasteiger partial charge in [0.15, 0.2) is 0 Å². The lowest BCUT2D eigenvalue weighted by Crippen LogP contribution is -2.45. The maximum absolute atomic E-state index is 10.5. The van der Waals surface area contributed by atoms with E-state index in [1.54, 1.807) is 0 Å². The Morgan fingerprint density at radius 2 is 1.67 bits per heavy atom. The predicted octanol–water partition coefficient (Wildman–Crippen LogP) is 3.10. The van der Waals surface area contributed by atoms with E-state index in [9.17, 15) is 5.11 Å². The highest BCUT2D eigenvalue weighted by Crippen LogP contribution is 2.26. The number of aliphatic hydroxyl groups is 1. The Kier molecular flexibility index (Phi) is 6.37. The number of hydrogen-bond donors (Lipinski definition) is 1. The van der Waals surface area contributed by atoms with E-state index in [0.717, 1.165) is 38.9 Å². The largest absolute Gasteiger partial charge is 0.389 e. The Hall–Kier alpha value is -0.860. The third-order valence-electron chi connectivity index (χ3n) is 3.61. The molecule has 0 unspecified atom stereocenters. The first-order valence-electron chi connectivity index (χ1n) is 7.20. The van der Waals surface area contributed by atoms with Crippen LogP contribution in [0, 0.1) is 0 Å². The molecule has 1 saturated heterocycles. The third kappa shape index (κ3) is 4.43.